The van der Waals surface area contributed by atoms with Gasteiger partial charge in [-0.3, -0.25) is 4.79 Å². The van der Waals surface area contributed by atoms with E-state index in [9.17, 15) is 4.79 Å². The molecule has 25 heavy (non-hydrogen) atoms. The van der Waals surface area contributed by atoms with Gasteiger partial charge in [-0.2, -0.15) is 0 Å². The third kappa shape index (κ3) is 5.41. The molecule has 1 aromatic carbocycles. The summed E-state index contributed by atoms with van der Waals surface area (Å²) in [7, 11) is 1.71. The lowest BCUT2D eigenvalue weighted by Gasteiger charge is -2.39. The highest BCUT2D eigenvalue weighted by Gasteiger charge is 2.27. The molecule has 1 N–H and O–H groups in total. The number of amides is 1. The third-order valence-corrected chi connectivity index (χ3v) is 5.12. The lowest BCUT2D eigenvalue weighted by atomic mass is 10.0. The maximum absolute atomic E-state index is 11.5. The van der Waals surface area contributed by atoms with Crippen molar-refractivity contribution in [3.8, 4) is 0 Å². The Bertz CT molecular complexity index is 613. The summed E-state index contributed by atoms with van der Waals surface area (Å²) < 4.78 is 5.27. The summed E-state index contributed by atoms with van der Waals surface area (Å²) in [6.07, 6.45) is 1.86. The van der Waals surface area contributed by atoms with Crippen LogP contribution in [-0.2, 0) is 9.53 Å². The second kappa shape index (κ2) is 9.15. The number of likely N-dealkylation sites (tertiary alicyclic amines) is 1. The maximum atomic E-state index is 11.5. The number of ether oxygens (including phenoxy) is 1. The van der Waals surface area contributed by atoms with Gasteiger partial charge in [0.15, 0.2) is 5.11 Å². The van der Waals surface area contributed by atoms with Crippen LogP contribution in [0.15, 0.2) is 18.2 Å². The molecular formula is C19H29N3O2S. The van der Waals surface area contributed by atoms with Gasteiger partial charge in [0.25, 0.3) is 0 Å². The number of nitrogens with zero attached hydrogens (tertiary/aromatic N) is 2. The van der Waals surface area contributed by atoms with E-state index in [2.05, 4.69) is 42.3 Å². The van der Waals surface area contributed by atoms with Gasteiger partial charge in [0.1, 0.15) is 0 Å². The van der Waals surface area contributed by atoms with E-state index >= 15 is 0 Å². The third-order valence-electron chi connectivity index (χ3n) is 4.78. The van der Waals surface area contributed by atoms with Crippen molar-refractivity contribution < 1.29 is 9.53 Å². The average molecular weight is 364 g/mol. The SMILES string of the molecule is COCCN(C(=S)Nc1cc(C)ccc1C)C1CCN(C(C)=O)CC1. The van der Waals surface area contributed by atoms with Crippen LogP contribution < -0.4 is 5.32 Å². The van der Waals surface area contributed by atoms with Gasteiger partial charge in [-0.05, 0) is 56.1 Å². The van der Waals surface area contributed by atoms with Crippen molar-refractivity contribution in [1.82, 2.24) is 9.80 Å². The van der Waals surface area contributed by atoms with Crippen molar-refractivity contribution in [2.75, 3.05) is 38.7 Å². The van der Waals surface area contributed by atoms with E-state index < -0.39 is 0 Å². The first-order chi connectivity index (χ1) is 11.9. The molecule has 0 aliphatic carbocycles. The zero-order chi connectivity index (χ0) is 18.4. The molecule has 1 saturated heterocycles. The monoisotopic (exact) mass is 363 g/mol. The molecule has 1 fully saturated rings. The van der Waals surface area contributed by atoms with Crippen molar-refractivity contribution in [2.45, 2.75) is 39.7 Å². The van der Waals surface area contributed by atoms with E-state index in [4.69, 9.17) is 17.0 Å². The van der Waals surface area contributed by atoms with E-state index in [0.717, 1.165) is 43.3 Å². The second-order valence-corrected chi connectivity index (χ2v) is 7.06. The fraction of sp³-hybridized carbons (Fsp3) is 0.579. The molecule has 0 radical (unpaired) electrons. The smallest absolute Gasteiger partial charge is 0.219 e. The van der Waals surface area contributed by atoms with Gasteiger partial charge in [-0.15, -0.1) is 0 Å². The van der Waals surface area contributed by atoms with Gasteiger partial charge in [0, 0.05) is 45.4 Å². The van der Waals surface area contributed by atoms with Crippen molar-refractivity contribution in [3.05, 3.63) is 29.3 Å². The number of thiocarbonyl (C=S) groups is 1. The number of piperidine rings is 1. The number of hydrogen-bond acceptors (Lipinski definition) is 3. The van der Waals surface area contributed by atoms with Crippen molar-refractivity contribution in [2.24, 2.45) is 0 Å². The van der Waals surface area contributed by atoms with Crippen LogP contribution in [-0.4, -0.2) is 60.2 Å². The molecule has 1 aromatic rings. The quantitative estimate of drug-likeness (QED) is 0.815. The summed E-state index contributed by atoms with van der Waals surface area (Å²) in [5, 5.41) is 4.14. The van der Waals surface area contributed by atoms with E-state index in [-0.39, 0.29) is 5.91 Å². The molecule has 0 saturated carbocycles. The summed E-state index contributed by atoms with van der Waals surface area (Å²) in [4.78, 5) is 15.7. The number of benzene rings is 1. The molecule has 1 aliphatic heterocycles. The van der Waals surface area contributed by atoms with Gasteiger partial charge in [-0.25, -0.2) is 0 Å². The number of anilines is 1. The molecular weight excluding hydrogens is 334 g/mol. The first-order valence-electron chi connectivity index (χ1n) is 8.81. The van der Waals surface area contributed by atoms with E-state index in [1.807, 2.05) is 4.90 Å². The Morgan fingerprint density at radius 2 is 2.04 bits per heavy atom. The topological polar surface area (TPSA) is 44.8 Å². The summed E-state index contributed by atoms with van der Waals surface area (Å²) in [6.45, 7) is 8.74. The first kappa shape index (κ1) is 19.7. The van der Waals surface area contributed by atoms with Gasteiger partial charge < -0.3 is 19.9 Å². The number of hydrogen-bond donors (Lipinski definition) is 1. The largest absolute Gasteiger partial charge is 0.383 e. The lowest BCUT2D eigenvalue weighted by molar-refractivity contribution is -0.130. The van der Waals surface area contributed by atoms with Crippen molar-refractivity contribution in [3.63, 3.8) is 0 Å². The number of carbonyl (C=O) groups excluding carboxylic acids is 1. The minimum absolute atomic E-state index is 0.151. The highest BCUT2D eigenvalue weighted by Crippen LogP contribution is 2.21. The minimum Gasteiger partial charge on any atom is -0.383 e. The first-order valence-corrected chi connectivity index (χ1v) is 9.22. The zero-order valence-electron chi connectivity index (χ0n) is 15.7. The fourth-order valence-corrected chi connectivity index (χ4v) is 3.54. The number of rotatable bonds is 5. The van der Waals surface area contributed by atoms with Gasteiger partial charge >= 0.3 is 0 Å². The van der Waals surface area contributed by atoms with Crippen LogP contribution in [0.3, 0.4) is 0 Å². The van der Waals surface area contributed by atoms with Crippen LogP contribution in [0.1, 0.15) is 30.9 Å². The van der Waals surface area contributed by atoms with E-state index in [1.165, 1.54) is 11.1 Å². The maximum Gasteiger partial charge on any atom is 0.219 e. The number of methoxy groups -OCH3 is 1. The minimum atomic E-state index is 0.151. The molecule has 0 bridgehead atoms. The van der Waals surface area contributed by atoms with E-state index in [1.54, 1.807) is 14.0 Å². The molecule has 0 aromatic heterocycles. The Labute approximate surface area is 156 Å². The van der Waals surface area contributed by atoms with Gasteiger partial charge in [0.2, 0.25) is 5.91 Å². The summed E-state index contributed by atoms with van der Waals surface area (Å²) in [5.74, 6) is 0.151. The summed E-state index contributed by atoms with van der Waals surface area (Å²) in [5.41, 5.74) is 3.42. The molecule has 1 heterocycles. The average Bonchev–Trinajstić information content (AvgIpc) is 2.59. The molecule has 6 heteroatoms. The summed E-state index contributed by atoms with van der Waals surface area (Å²) >= 11 is 5.71. The predicted octanol–water partition coefficient (Wildman–Crippen LogP) is 2.96. The van der Waals surface area contributed by atoms with Crippen LogP contribution in [0, 0.1) is 13.8 Å². The van der Waals surface area contributed by atoms with Crippen LogP contribution in [0.25, 0.3) is 0 Å². The molecule has 2 rings (SSSR count). The molecule has 138 valence electrons. The predicted molar refractivity (Wildman–Crippen MR) is 106 cm³/mol. The zero-order valence-corrected chi connectivity index (χ0v) is 16.5. The van der Waals surface area contributed by atoms with Crippen LogP contribution >= 0.6 is 12.2 Å². The fourth-order valence-electron chi connectivity index (χ4n) is 3.19. The highest BCUT2D eigenvalue weighted by atomic mass is 32.1. The molecule has 1 amide bonds. The van der Waals surface area contributed by atoms with Crippen molar-refractivity contribution in [1.29, 1.82) is 0 Å². The molecule has 5 nitrogen and oxygen atoms in total. The Kier molecular flexibility index (Phi) is 7.20. The van der Waals surface area contributed by atoms with Gasteiger partial charge in [-0.1, -0.05) is 12.1 Å². The standard InChI is InChI=1S/C19H29N3O2S/c1-14-5-6-15(2)18(13-14)20-19(25)22(11-12-24-4)17-7-9-21(10-8-17)16(3)23/h5-6,13,17H,7-12H2,1-4H3,(H,20,25). The van der Waals surface area contributed by atoms with Gasteiger partial charge in [0.05, 0.1) is 6.61 Å². The molecule has 1 aliphatic rings. The molecule has 0 atom stereocenters. The Morgan fingerprint density at radius 1 is 1.36 bits per heavy atom. The second-order valence-electron chi connectivity index (χ2n) is 6.67. The molecule has 0 spiro atoms. The van der Waals surface area contributed by atoms with Crippen molar-refractivity contribution >= 4 is 28.9 Å². The Balaban J connectivity index is 2.07. The highest BCUT2D eigenvalue weighted by molar-refractivity contribution is 7.80. The lowest BCUT2D eigenvalue weighted by Crippen LogP contribution is -2.50. The van der Waals surface area contributed by atoms with E-state index in [0.29, 0.717) is 12.6 Å². The molecule has 0 unspecified atom stereocenters. The number of aryl methyl sites for hydroxylation is 2. The number of nitrogens with one attached hydrogen (secondary N) is 1. The number of carbonyl (C=O) groups is 1. The Hall–Kier alpha value is -1.66. The summed E-state index contributed by atoms with van der Waals surface area (Å²) in [6, 6.07) is 6.65. The Morgan fingerprint density at radius 3 is 2.64 bits per heavy atom. The normalized spacial score (nSPS) is 15.1. The van der Waals surface area contributed by atoms with Crippen LogP contribution in [0.5, 0.6) is 0 Å². The van der Waals surface area contributed by atoms with Crippen LogP contribution in [0.4, 0.5) is 5.69 Å². The van der Waals surface area contributed by atoms with Crippen LogP contribution in [0.2, 0.25) is 0 Å².